The molecule has 2 heterocycles. The Balaban J connectivity index is 1.63. The van der Waals surface area contributed by atoms with Gasteiger partial charge in [-0.1, -0.05) is 32.4 Å². The second kappa shape index (κ2) is 9.00. The number of hydrogen-bond acceptors (Lipinski definition) is 4. The van der Waals surface area contributed by atoms with E-state index in [1.165, 1.54) is 12.5 Å². The van der Waals surface area contributed by atoms with Crippen molar-refractivity contribution in [3.63, 3.8) is 0 Å². The van der Waals surface area contributed by atoms with Crippen LogP contribution < -0.4 is 5.32 Å². The van der Waals surface area contributed by atoms with Crippen LogP contribution in [0.5, 0.6) is 0 Å². The van der Waals surface area contributed by atoms with Gasteiger partial charge in [-0.3, -0.25) is 4.79 Å². The largest absolute Gasteiger partial charge is 0.319 e. The van der Waals surface area contributed by atoms with E-state index >= 15 is 0 Å². The fraction of sp³-hybridized carbons (Fsp3) is 0.348. The number of fused-ring (bicyclic) bond motifs is 1. The molecule has 1 N–H and O–H groups in total. The summed E-state index contributed by atoms with van der Waals surface area (Å²) in [6, 6.07) is 12.1. The Morgan fingerprint density at radius 2 is 1.97 bits per heavy atom. The van der Waals surface area contributed by atoms with Crippen molar-refractivity contribution in [2.24, 2.45) is 0 Å². The molecule has 0 saturated carbocycles. The molecule has 7 heteroatoms. The van der Waals surface area contributed by atoms with Crippen molar-refractivity contribution < 1.29 is 9.18 Å². The van der Waals surface area contributed by atoms with Gasteiger partial charge in [-0.05, 0) is 43.2 Å². The predicted octanol–water partition coefficient (Wildman–Crippen LogP) is 5.56. The van der Waals surface area contributed by atoms with Crippen molar-refractivity contribution >= 4 is 23.4 Å². The van der Waals surface area contributed by atoms with Crippen LogP contribution in [-0.4, -0.2) is 25.9 Å². The number of hydrogen-bond donors (Lipinski definition) is 1. The lowest BCUT2D eigenvalue weighted by Gasteiger charge is -2.13. The molecule has 0 atom stereocenters. The van der Waals surface area contributed by atoms with Crippen LogP contribution in [0.15, 0.2) is 47.4 Å². The molecule has 5 nitrogen and oxygen atoms in total. The molecule has 156 valence electrons. The predicted molar refractivity (Wildman–Crippen MR) is 118 cm³/mol. The maximum absolute atomic E-state index is 14.5. The van der Waals surface area contributed by atoms with Gasteiger partial charge in [-0.25, -0.2) is 4.39 Å². The summed E-state index contributed by atoms with van der Waals surface area (Å²) in [5.74, 6) is 0.891. The summed E-state index contributed by atoms with van der Waals surface area (Å²) in [5.41, 5.74) is 1.43. The van der Waals surface area contributed by atoms with Crippen molar-refractivity contribution in [2.45, 2.75) is 56.2 Å². The highest BCUT2D eigenvalue weighted by Gasteiger charge is 2.19. The number of carbonyl (C=O) groups excluding carboxylic acids is 1. The number of anilines is 1. The van der Waals surface area contributed by atoms with Gasteiger partial charge in [0.1, 0.15) is 11.6 Å². The number of carbonyl (C=O) groups is 1. The lowest BCUT2D eigenvalue weighted by atomic mass is 10.1. The number of amides is 1. The van der Waals surface area contributed by atoms with Gasteiger partial charge >= 0.3 is 0 Å². The highest BCUT2D eigenvalue weighted by molar-refractivity contribution is 8.00. The minimum absolute atomic E-state index is 0.146. The van der Waals surface area contributed by atoms with Gasteiger partial charge in [0.25, 0.3) is 5.91 Å². The van der Waals surface area contributed by atoms with E-state index in [2.05, 4.69) is 33.9 Å². The zero-order chi connectivity index (χ0) is 21.1. The van der Waals surface area contributed by atoms with Crippen LogP contribution in [0, 0.1) is 5.82 Å². The molecule has 1 aliphatic rings. The molecule has 0 saturated heterocycles. The third kappa shape index (κ3) is 4.41. The second-order valence-corrected chi connectivity index (χ2v) is 9.33. The highest BCUT2D eigenvalue weighted by atomic mass is 32.2. The fourth-order valence-electron chi connectivity index (χ4n) is 3.66. The standard InChI is InChI=1S/C23H25FN4OS/c1-15(2)30-20-9-6-5-8-17(20)23(29)25-19-14-16(11-12-18(19)24)22-27-26-21-10-4-3-7-13-28(21)22/h5-6,8-9,11-12,14-15H,3-4,7,10,13H2,1-2H3,(H,25,29). The Morgan fingerprint density at radius 1 is 1.13 bits per heavy atom. The first-order valence-electron chi connectivity index (χ1n) is 10.3. The Kier molecular flexibility index (Phi) is 6.18. The lowest BCUT2D eigenvalue weighted by molar-refractivity contribution is 0.102. The number of nitrogens with zero attached hydrogens (tertiary/aromatic N) is 3. The molecule has 0 spiro atoms. The van der Waals surface area contributed by atoms with E-state index in [0.29, 0.717) is 10.8 Å². The first-order chi connectivity index (χ1) is 14.5. The van der Waals surface area contributed by atoms with Gasteiger partial charge in [-0.15, -0.1) is 22.0 Å². The Hall–Kier alpha value is -2.67. The van der Waals surface area contributed by atoms with Crippen LogP contribution in [0.4, 0.5) is 10.1 Å². The lowest BCUT2D eigenvalue weighted by Crippen LogP contribution is -2.14. The van der Waals surface area contributed by atoms with Crippen LogP contribution in [0.3, 0.4) is 0 Å². The van der Waals surface area contributed by atoms with Crippen LogP contribution in [0.25, 0.3) is 11.4 Å². The van der Waals surface area contributed by atoms with Crippen molar-refractivity contribution in [3.05, 3.63) is 59.7 Å². The zero-order valence-corrected chi connectivity index (χ0v) is 18.0. The molecule has 2 aromatic carbocycles. The van der Waals surface area contributed by atoms with Gasteiger partial charge in [0.2, 0.25) is 0 Å². The third-order valence-electron chi connectivity index (χ3n) is 5.08. The third-order valence-corrected chi connectivity index (χ3v) is 6.16. The molecule has 0 aliphatic carbocycles. The van der Waals surface area contributed by atoms with Gasteiger partial charge in [0.15, 0.2) is 5.82 Å². The second-order valence-electron chi connectivity index (χ2n) is 7.71. The summed E-state index contributed by atoms with van der Waals surface area (Å²) in [6.45, 7) is 5.00. The molecule has 0 fully saturated rings. The number of thioether (sulfide) groups is 1. The summed E-state index contributed by atoms with van der Waals surface area (Å²) in [6.07, 6.45) is 4.26. The molecule has 1 aliphatic heterocycles. The number of halogens is 1. The Morgan fingerprint density at radius 3 is 2.80 bits per heavy atom. The summed E-state index contributed by atoms with van der Waals surface area (Å²) >= 11 is 1.61. The van der Waals surface area contributed by atoms with E-state index in [-0.39, 0.29) is 11.6 Å². The highest BCUT2D eigenvalue weighted by Crippen LogP contribution is 2.29. The minimum Gasteiger partial charge on any atom is -0.319 e. The Bertz CT molecular complexity index is 1060. The summed E-state index contributed by atoms with van der Waals surface area (Å²) in [4.78, 5) is 13.8. The van der Waals surface area contributed by atoms with Gasteiger partial charge in [0.05, 0.1) is 11.3 Å². The maximum Gasteiger partial charge on any atom is 0.256 e. The molecular formula is C23H25FN4OS. The van der Waals surface area contributed by atoms with Gasteiger partial charge < -0.3 is 9.88 Å². The van der Waals surface area contributed by atoms with E-state index in [1.54, 1.807) is 30.0 Å². The molecule has 30 heavy (non-hydrogen) atoms. The fourth-order valence-corrected chi connectivity index (χ4v) is 4.61. The summed E-state index contributed by atoms with van der Waals surface area (Å²) < 4.78 is 16.7. The summed E-state index contributed by atoms with van der Waals surface area (Å²) in [5, 5.41) is 11.7. The van der Waals surface area contributed by atoms with E-state index in [1.807, 2.05) is 18.2 Å². The van der Waals surface area contributed by atoms with Gasteiger partial charge in [0, 0.05) is 28.7 Å². The SMILES string of the molecule is CC(C)Sc1ccccc1C(=O)Nc1cc(-c2nnc3n2CCCCC3)ccc1F. The number of nitrogens with one attached hydrogen (secondary N) is 1. The first kappa shape index (κ1) is 20.6. The van der Waals surface area contributed by atoms with Gasteiger partial charge in [-0.2, -0.15) is 0 Å². The smallest absolute Gasteiger partial charge is 0.256 e. The molecule has 3 aromatic rings. The number of aromatic nitrogens is 3. The number of aryl methyl sites for hydroxylation is 1. The van der Waals surface area contributed by atoms with E-state index < -0.39 is 5.82 Å². The van der Waals surface area contributed by atoms with Crippen LogP contribution in [-0.2, 0) is 13.0 Å². The average Bonchev–Trinajstić information content (AvgIpc) is 2.97. The normalized spacial score (nSPS) is 13.7. The number of rotatable bonds is 5. The van der Waals surface area contributed by atoms with E-state index in [9.17, 15) is 9.18 Å². The van der Waals surface area contributed by atoms with Crippen LogP contribution in [0.1, 0.15) is 49.3 Å². The molecule has 0 radical (unpaired) electrons. The monoisotopic (exact) mass is 424 g/mol. The van der Waals surface area contributed by atoms with E-state index in [0.717, 1.165) is 47.9 Å². The molecule has 1 aromatic heterocycles. The quantitative estimate of drug-likeness (QED) is 0.545. The molecule has 4 rings (SSSR count). The van der Waals surface area contributed by atoms with Crippen LogP contribution >= 0.6 is 11.8 Å². The van der Waals surface area contributed by atoms with Crippen molar-refractivity contribution in [2.75, 3.05) is 5.32 Å². The molecule has 0 unspecified atom stereocenters. The topological polar surface area (TPSA) is 59.8 Å². The van der Waals surface area contributed by atoms with Crippen molar-refractivity contribution in [1.29, 1.82) is 0 Å². The zero-order valence-electron chi connectivity index (χ0n) is 17.2. The first-order valence-corrected chi connectivity index (χ1v) is 11.2. The van der Waals surface area contributed by atoms with Crippen molar-refractivity contribution in [3.8, 4) is 11.4 Å². The van der Waals surface area contributed by atoms with E-state index in [4.69, 9.17) is 0 Å². The Labute approximate surface area is 180 Å². The summed E-state index contributed by atoms with van der Waals surface area (Å²) in [7, 11) is 0. The van der Waals surface area contributed by atoms with Crippen molar-refractivity contribution in [1.82, 2.24) is 14.8 Å². The maximum atomic E-state index is 14.5. The minimum atomic E-state index is -0.475. The van der Waals surface area contributed by atoms with Crippen LogP contribution in [0.2, 0.25) is 0 Å². The number of benzene rings is 2. The molecule has 1 amide bonds. The molecule has 0 bridgehead atoms. The average molecular weight is 425 g/mol. The molecular weight excluding hydrogens is 399 g/mol.